The minimum absolute atomic E-state index is 0.205. The van der Waals surface area contributed by atoms with E-state index >= 15 is 0 Å². The predicted molar refractivity (Wildman–Crippen MR) is 107 cm³/mol. The number of amides is 2. The van der Waals surface area contributed by atoms with Crippen LogP contribution in [0.5, 0.6) is 11.5 Å². The molecule has 0 radical (unpaired) electrons. The van der Waals surface area contributed by atoms with Crippen LogP contribution in [0.15, 0.2) is 30.3 Å². The van der Waals surface area contributed by atoms with Gasteiger partial charge in [-0.3, -0.25) is 14.4 Å². The molecule has 0 fully saturated rings. The number of benzene rings is 2. The van der Waals surface area contributed by atoms with E-state index in [9.17, 15) is 27.6 Å². The Morgan fingerprint density at radius 2 is 1.59 bits per heavy atom. The fourth-order valence-corrected chi connectivity index (χ4v) is 2.45. The van der Waals surface area contributed by atoms with E-state index < -0.39 is 54.1 Å². The maximum Gasteiger partial charge on any atom is 0.325 e. The summed E-state index contributed by atoms with van der Waals surface area (Å²) in [6.45, 7) is 2.96. The second-order valence-electron chi connectivity index (χ2n) is 6.14. The quantitative estimate of drug-likeness (QED) is 0.423. The van der Waals surface area contributed by atoms with Gasteiger partial charge < -0.3 is 24.8 Å². The topological polar surface area (TPSA) is 103 Å². The van der Waals surface area contributed by atoms with Gasteiger partial charge >= 0.3 is 5.97 Å². The maximum absolute atomic E-state index is 13.5. The van der Waals surface area contributed by atoms with Crippen molar-refractivity contribution >= 4 is 23.5 Å². The van der Waals surface area contributed by atoms with Crippen LogP contribution in [0.25, 0.3) is 0 Å². The molecular formula is C21H21F3N2O6. The molecule has 2 amide bonds. The van der Waals surface area contributed by atoms with Crippen LogP contribution in [0.2, 0.25) is 0 Å². The minimum atomic E-state index is -1.75. The van der Waals surface area contributed by atoms with Gasteiger partial charge in [0.05, 0.1) is 18.9 Å². The van der Waals surface area contributed by atoms with Crippen molar-refractivity contribution < 1.29 is 41.8 Å². The van der Waals surface area contributed by atoms with Crippen LogP contribution in [-0.4, -0.2) is 44.1 Å². The van der Waals surface area contributed by atoms with Crippen LogP contribution in [0, 0.1) is 17.5 Å². The largest absolute Gasteiger partial charge is 0.490 e. The lowest BCUT2D eigenvalue weighted by Crippen LogP contribution is -2.32. The molecule has 2 N–H and O–H groups in total. The van der Waals surface area contributed by atoms with E-state index in [0.717, 1.165) is 6.07 Å². The van der Waals surface area contributed by atoms with Crippen LogP contribution in [-0.2, 0) is 14.3 Å². The molecule has 0 saturated heterocycles. The number of rotatable bonds is 10. The van der Waals surface area contributed by atoms with Gasteiger partial charge in [0.15, 0.2) is 35.6 Å². The Labute approximate surface area is 181 Å². The molecule has 172 valence electrons. The molecule has 0 aliphatic heterocycles. The number of anilines is 1. The predicted octanol–water partition coefficient (Wildman–Crippen LogP) is 2.81. The van der Waals surface area contributed by atoms with Gasteiger partial charge in [-0.1, -0.05) is 0 Å². The molecule has 8 nitrogen and oxygen atoms in total. The molecule has 2 aromatic carbocycles. The molecule has 0 bridgehead atoms. The van der Waals surface area contributed by atoms with Gasteiger partial charge in [-0.15, -0.1) is 0 Å². The van der Waals surface area contributed by atoms with E-state index in [4.69, 9.17) is 9.47 Å². The average Bonchev–Trinajstić information content (AvgIpc) is 2.78. The summed E-state index contributed by atoms with van der Waals surface area (Å²) in [5.41, 5.74) is -0.407. The molecule has 0 atom stereocenters. The van der Waals surface area contributed by atoms with Crippen molar-refractivity contribution in [1.29, 1.82) is 0 Å². The number of ether oxygens (including phenoxy) is 3. The van der Waals surface area contributed by atoms with Crippen LogP contribution in [0.3, 0.4) is 0 Å². The zero-order chi connectivity index (χ0) is 23.7. The van der Waals surface area contributed by atoms with Gasteiger partial charge in [-0.05, 0) is 44.2 Å². The molecule has 0 spiro atoms. The second kappa shape index (κ2) is 11.6. The Bertz CT molecular complexity index is 1000. The molecule has 2 rings (SSSR count). The van der Waals surface area contributed by atoms with Crippen LogP contribution in [0.1, 0.15) is 24.2 Å². The molecule has 0 saturated carbocycles. The van der Waals surface area contributed by atoms with E-state index in [0.29, 0.717) is 30.8 Å². The first kappa shape index (κ1) is 24.5. The standard InChI is InChI=1S/C21H21F3N2O6/c1-3-30-15-8-5-12(9-16(15)31-4-2)21(29)25-10-18(28)32-11-17(27)26-14-7-6-13(22)19(23)20(14)24/h5-9H,3-4,10-11H2,1-2H3,(H,25,29)(H,26,27). The molecule has 0 heterocycles. The molecule has 0 aliphatic carbocycles. The van der Waals surface area contributed by atoms with Gasteiger partial charge in [-0.25, -0.2) is 13.2 Å². The number of halogens is 3. The van der Waals surface area contributed by atoms with Crippen molar-refractivity contribution in [1.82, 2.24) is 5.32 Å². The van der Waals surface area contributed by atoms with Crippen molar-refractivity contribution in [3.8, 4) is 11.5 Å². The van der Waals surface area contributed by atoms with Gasteiger partial charge in [0.1, 0.15) is 6.54 Å². The number of hydrogen-bond donors (Lipinski definition) is 2. The van der Waals surface area contributed by atoms with E-state index in [2.05, 4.69) is 10.1 Å². The smallest absolute Gasteiger partial charge is 0.325 e. The SMILES string of the molecule is CCOc1ccc(C(=O)NCC(=O)OCC(=O)Nc2ccc(F)c(F)c2F)cc1OCC. The molecule has 0 aromatic heterocycles. The van der Waals surface area contributed by atoms with Crippen molar-refractivity contribution in [3.63, 3.8) is 0 Å². The highest BCUT2D eigenvalue weighted by Gasteiger charge is 2.17. The van der Waals surface area contributed by atoms with Gasteiger partial charge in [0.25, 0.3) is 11.8 Å². The van der Waals surface area contributed by atoms with E-state index in [1.54, 1.807) is 19.9 Å². The third kappa shape index (κ3) is 6.62. The molecule has 0 unspecified atom stereocenters. The zero-order valence-electron chi connectivity index (χ0n) is 17.3. The fourth-order valence-electron chi connectivity index (χ4n) is 2.45. The summed E-state index contributed by atoms with van der Waals surface area (Å²) in [6, 6.07) is 5.95. The summed E-state index contributed by atoms with van der Waals surface area (Å²) in [5, 5.41) is 4.27. The number of esters is 1. The second-order valence-corrected chi connectivity index (χ2v) is 6.14. The first-order valence-corrected chi connectivity index (χ1v) is 9.53. The third-order valence-corrected chi connectivity index (χ3v) is 3.87. The van der Waals surface area contributed by atoms with E-state index in [1.807, 2.05) is 5.32 Å². The molecule has 0 aliphatic rings. The van der Waals surface area contributed by atoms with Crippen LogP contribution >= 0.6 is 0 Å². The van der Waals surface area contributed by atoms with Crippen molar-refractivity contribution in [2.45, 2.75) is 13.8 Å². The summed E-state index contributed by atoms with van der Waals surface area (Å²) in [7, 11) is 0. The highest BCUT2D eigenvalue weighted by molar-refractivity contribution is 5.97. The lowest BCUT2D eigenvalue weighted by molar-refractivity contribution is -0.146. The van der Waals surface area contributed by atoms with Crippen molar-refractivity contribution in [3.05, 3.63) is 53.3 Å². The number of nitrogens with one attached hydrogen (secondary N) is 2. The summed E-state index contributed by atoms with van der Waals surface area (Å²) >= 11 is 0. The first-order valence-electron chi connectivity index (χ1n) is 9.53. The highest BCUT2D eigenvalue weighted by atomic mass is 19.2. The Morgan fingerprint density at radius 1 is 0.906 bits per heavy atom. The molecule has 2 aromatic rings. The van der Waals surface area contributed by atoms with Crippen molar-refractivity contribution in [2.75, 3.05) is 31.7 Å². The third-order valence-electron chi connectivity index (χ3n) is 3.87. The monoisotopic (exact) mass is 454 g/mol. The van der Waals surface area contributed by atoms with Gasteiger partial charge in [-0.2, -0.15) is 0 Å². The van der Waals surface area contributed by atoms with Crippen LogP contribution in [0.4, 0.5) is 18.9 Å². The first-order chi connectivity index (χ1) is 15.3. The van der Waals surface area contributed by atoms with Gasteiger partial charge in [0.2, 0.25) is 0 Å². The Kier molecular flexibility index (Phi) is 8.87. The normalized spacial score (nSPS) is 10.3. The molecule has 32 heavy (non-hydrogen) atoms. The number of carbonyl (C=O) groups is 3. The number of carbonyl (C=O) groups excluding carboxylic acids is 3. The minimum Gasteiger partial charge on any atom is -0.490 e. The Balaban J connectivity index is 1.85. The molecule has 11 heteroatoms. The average molecular weight is 454 g/mol. The summed E-state index contributed by atoms with van der Waals surface area (Å²) in [6.07, 6.45) is 0. The Morgan fingerprint density at radius 3 is 2.28 bits per heavy atom. The summed E-state index contributed by atoms with van der Waals surface area (Å²) in [4.78, 5) is 35.7. The van der Waals surface area contributed by atoms with Gasteiger partial charge in [0, 0.05) is 5.56 Å². The lowest BCUT2D eigenvalue weighted by Gasteiger charge is -2.12. The van der Waals surface area contributed by atoms with Crippen LogP contribution < -0.4 is 20.1 Å². The fraction of sp³-hybridized carbons (Fsp3) is 0.286. The summed E-state index contributed by atoms with van der Waals surface area (Å²) in [5.74, 6) is -6.44. The lowest BCUT2D eigenvalue weighted by atomic mass is 10.2. The number of hydrogen-bond acceptors (Lipinski definition) is 6. The zero-order valence-corrected chi connectivity index (χ0v) is 17.3. The summed E-state index contributed by atoms with van der Waals surface area (Å²) < 4.78 is 55.1. The van der Waals surface area contributed by atoms with E-state index in [1.165, 1.54) is 12.1 Å². The highest BCUT2D eigenvalue weighted by Crippen LogP contribution is 2.28. The maximum atomic E-state index is 13.5. The Hall–Kier alpha value is -3.76. The van der Waals surface area contributed by atoms with E-state index in [-0.39, 0.29) is 5.56 Å². The molecular weight excluding hydrogens is 433 g/mol. The van der Waals surface area contributed by atoms with Crippen molar-refractivity contribution in [2.24, 2.45) is 0 Å².